The number of hydrogen-bond donors (Lipinski definition) is 2. The van der Waals surface area contributed by atoms with Crippen LogP contribution in [0.2, 0.25) is 0 Å². The lowest BCUT2D eigenvalue weighted by Gasteiger charge is -2.25. The van der Waals surface area contributed by atoms with Crippen LogP contribution >= 0.6 is 0 Å². The Morgan fingerprint density at radius 1 is 1.64 bits per heavy atom. The average molecular weight is 157 g/mol. The Kier molecular flexibility index (Phi) is 3.26. The first-order valence-electron chi connectivity index (χ1n) is 3.49. The maximum atomic E-state index is 10.7. The van der Waals surface area contributed by atoms with Crippen molar-refractivity contribution in [3.63, 3.8) is 0 Å². The summed E-state index contributed by atoms with van der Waals surface area (Å²) in [4.78, 5) is 10.7. The van der Waals surface area contributed by atoms with Crippen LogP contribution in [0.4, 0.5) is 0 Å². The number of carbonyl (C=O) groups excluding carboxylic acids is 1. The number of aliphatic hydroxyl groups is 1. The van der Waals surface area contributed by atoms with Crippen molar-refractivity contribution in [3.05, 3.63) is 12.7 Å². The fraction of sp³-hybridized carbons (Fsp3) is 0.625. The first-order chi connectivity index (χ1) is 4.88. The molecule has 0 spiro atoms. The molecule has 0 aliphatic rings. The standard InChI is InChI=1S/C8H15NO2/c1-5-6(10)9-7(11)8(2,3)4/h5,7,11H,1H2,2-4H3,(H,9,10). The third kappa shape index (κ3) is 3.78. The molecule has 0 radical (unpaired) electrons. The maximum absolute atomic E-state index is 10.7. The van der Waals surface area contributed by atoms with Gasteiger partial charge < -0.3 is 10.4 Å². The first-order valence-corrected chi connectivity index (χ1v) is 3.49. The molecule has 0 bridgehead atoms. The smallest absolute Gasteiger partial charge is 0.245 e. The molecule has 0 saturated carbocycles. The van der Waals surface area contributed by atoms with Crippen molar-refractivity contribution in [2.24, 2.45) is 5.41 Å². The molecule has 0 aromatic carbocycles. The van der Waals surface area contributed by atoms with Gasteiger partial charge in [0, 0.05) is 5.41 Å². The zero-order valence-corrected chi connectivity index (χ0v) is 7.22. The molecule has 64 valence electrons. The van der Waals surface area contributed by atoms with Crippen molar-refractivity contribution in [2.45, 2.75) is 27.0 Å². The van der Waals surface area contributed by atoms with Gasteiger partial charge in [0.1, 0.15) is 6.23 Å². The Balaban J connectivity index is 3.97. The van der Waals surface area contributed by atoms with E-state index in [2.05, 4.69) is 11.9 Å². The second-order valence-corrected chi connectivity index (χ2v) is 3.48. The van der Waals surface area contributed by atoms with Gasteiger partial charge in [-0.15, -0.1) is 0 Å². The largest absolute Gasteiger partial charge is 0.373 e. The number of hydrogen-bond acceptors (Lipinski definition) is 2. The minimum Gasteiger partial charge on any atom is -0.373 e. The van der Waals surface area contributed by atoms with Crippen molar-refractivity contribution in [2.75, 3.05) is 0 Å². The van der Waals surface area contributed by atoms with E-state index in [0.29, 0.717) is 0 Å². The second kappa shape index (κ2) is 3.53. The summed E-state index contributed by atoms with van der Waals surface area (Å²) in [6.07, 6.45) is 0.308. The molecule has 0 saturated heterocycles. The van der Waals surface area contributed by atoms with Crippen LogP contribution in [0.15, 0.2) is 12.7 Å². The van der Waals surface area contributed by atoms with E-state index in [0.717, 1.165) is 6.08 Å². The predicted octanol–water partition coefficient (Wildman–Crippen LogP) is 0.653. The van der Waals surface area contributed by atoms with Crippen molar-refractivity contribution < 1.29 is 9.90 Å². The van der Waals surface area contributed by atoms with Crippen LogP contribution in [0.25, 0.3) is 0 Å². The van der Waals surface area contributed by atoms with Gasteiger partial charge in [0.05, 0.1) is 0 Å². The van der Waals surface area contributed by atoms with E-state index in [9.17, 15) is 9.90 Å². The Bertz CT molecular complexity index is 158. The van der Waals surface area contributed by atoms with Gasteiger partial charge in [-0.1, -0.05) is 27.4 Å². The van der Waals surface area contributed by atoms with Crippen LogP contribution < -0.4 is 5.32 Å². The van der Waals surface area contributed by atoms with Gasteiger partial charge in [0.25, 0.3) is 0 Å². The molecule has 11 heavy (non-hydrogen) atoms. The minimum atomic E-state index is -0.826. The molecule has 0 aliphatic heterocycles. The van der Waals surface area contributed by atoms with Gasteiger partial charge in [-0.2, -0.15) is 0 Å². The highest BCUT2D eigenvalue weighted by atomic mass is 16.3. The highest BCUT2D eigenvalue weighted by Gasteiger charge is 2.22. The lowest BCUT2D eigenvalue weighted by molar-refractivity contribution is -0.121. The molecular formula is C8H15NO2. The van der Waals surface area contributed by atoms with Crippen LogP contribution in [-0.4, -0.2) is 17.2 Å². The summed E-state index contributed by atoms with van der Waals surface area (Å²) in [5.74, 6) is -0.354. The summed E-state index contributed by atoms with van der Waals surface area (Å²) in [7, 11) is 0. The molecule has 0 heterocycles. The lowest BCUT2D eigenvalue weighted by Crippen LogP contribution is -2.42. The second-order valence-electron chi connectivity index (χ2n) is 3.48. The predicted molar refractivity (Wildman–Crippen MR) is 43.8 cm³/mol. The zero-order valence-electron chi connectivity index (χ0n) is 7.22. The number of nitrogens with one attached hydrogen (secondary N) is 1. The molecule has 1 amide bonds. The third-order valence-corrected chi connectivity index (χ3v) is 1.28. The van der Waals surface area contributed by atoms with E-state index < -0.39 is 6.23 Å². The Morgan fingerprint density at radius 2 is 2.09 bits per heavy atom. The molecule has 0 aliphatic carbocycles. The summed E-state index contributed by atoms with van der Waals surface area (Å²) in [5.41, 5.74) is -0.335. The SMILES string of the molecule is C=CC(=O)NC(O)C(C)(C)C. The molecular weight excluding hydrogens is 142 g/mol. The van der Waals surface area contributed by atoms with E-state index in [1.54, 1.807) is 0 Å². The number of aliphatic hydroxyl groups excluding tert-OH is 1. The monoisotopic (exact) mass is 157 g/mol. The highest BCUT2D eigenvalue weighted by Crippen LogP contribution is 2.16. The summed E-state index contributed by atoms with van der Waals surface area (Å²) in [6.45, 7) is 8.78. The van der Waals surface area contributed by atoms with Gasteiger partial charge >= 0.3 is 0 Å². The van der Waals surface area contributed by atoms with Crippen LogP contribution in [0.1, 0.15) is 20.8 Å². The molecule has 0 rings (SSSR count). The van der Waals surface area contributed by atoms with Gasteiger partial charge in [0.2, 0.25) is 5.91 Å². The number of amides is 1. The molecule has 0 aromatic heterocycles. The minimum absolute atomic E-state index is 0.335. The van der Waals surface area contributed by atoms with Crippen molar-refractivity contribution in [1.29, 1.82) is 0 Å². The summed E-state index contributed by atoms with van der Waals surface area (Å²) >= 11 is 0. The van der Waals surface area contributed by atoms with Crippen molar-refractivity contribution in [3.8, 4) is 0 Å². The Hall–Kier alpha value is -0.830. The Morgan fingerprint density at radius 3 is 2.36 bits per heavy atom. The normalized spacial score (nSPS) is 13.8. The molecule has 0 fully saturated rings. The summed E-state index contributed by atoms with van der Waals surface area (Å²) in [5, 5.41) is 11.7. The van der Waals surface area contributed by atoms with E-state index >= 15 is 0 Å². The summed E-state index contributed by atoms with van der Waals surface area (Å²) in [6, 6.07) is 0. The molecule has 0 aromatic rings. The molecule has 2 N–H and O–H groups in total. The first kappa shape index (κ1) is 10.2. The number of rotatable bonds is 2. The van der Waals surface area contributed by atoms with Gasteiger partial charge in [0.15, 0.2) is 0 Å². The van der Waals surface area contributed by atoms with Gasteiger partial charge in [-0.3, -0.25) is 4.79 Å². The van der Waals surface area contributed by atoms with Gasteiger partial charge in [-0.05, 0) is 6.08 Å². The van der Waals surface area contributed by atoms with Crippen molar-refractivity contribution in [1.82, 2.24) is 5.32 Å². The lowest BCUT2D eigenvalue weighted by atomic mass is 9.94. The fourth-order valence-electron chi connectivity index (χ4n) is 0.410. The van der Waals surface area contributed by atoms with Crippen LogP contribution in [0.5, 0.6) is 0 Å². The molecule has 1 unspecified atom stereocenters. The van der Waals surface area contributed by atoms with Crippen LogP contribution in [-0.2, 0) is 4.79 Å². The maximum Gasteiger partial charge on any atom is 0.245 e. The number of carbonyl (C=O) groups is 1. The molecule has 1 atom stereocenters. The van der Waals surface area contributed by atoms with E-state index in [-0.39, 0.29) is 11.3 Å². The average Bonchev–Trinajstić information content (AvgIpc) is 1.85. The van der Waals surface area contributed by atoms with E-state index in [4.69, 9.17) is 0 Å². The van der Waals surface area contributed by atoms with Crippen LogP contribution in [0.3, 0.4) is 0 Å². The zero-order chi connectivity index (χ0) is 9.07. The van der Waals surface area contributed by atoms with E-state index in [1.165, 1.54) is 0 Å². The van der Waals surface area contributed by atoms with Gasteiger partial charge in [-0.25, -0.2) is 0 Å². The summed E-state index contributed by atoms with van der Waals surface area (Å²) < 4.78 is 0. The highest BCUT2D eigenvalue weighted by molar-refractivity contribution is 5.86. The molecule has 3 heteroatoms. The third-order valence-electron chi connectivity index (χ3n) is 1.28. The van der Waals surface area contributed by atoms with Crippen molar-refractivity contribution >= 4 is 5.91 Å². The topological polar surface area (TPSA) is 49.3 Å². The fourth-order valence-corrected chi connectivity index (χ4v) is 0.410. The Labute approximate surface area is 67.1 Å². The quantitative estimate of drug-likeness (QED) is 0.457. The molecule has 3 nitrogen and oxygen atoms in total. The van der Waals surface area contributed by atoms with E-state index in [1.807, 2.05) is 20.8 Å². The van der Waals surface area contributed by atoms with Crippen LogP contribution in [0, 0.1) is 5.41 Å².